The monoisotopic (exact) mass is 195 g/mol. The van der Waals surface area contributed by atoms with Gasteiger partial charge >= 0.3 is 0 Å². The van der Waals surface area contributed by atoms with Gasteiger partial charge in [-0.2, -0.15) is 3.77 Å². The molecule has 0 saturated heterocycles. The highest BCUT2D eigenvalue weighted by atomic mass is 32.2. The minimum absolute atomic E-state index is 0.0474. The van der Waals surface area contributed by atoms with E-state index in [0.29, 0.717) is 0 Å². The summed E-state index contributed by atoms with van der Waals surface area (Å²) in [7, 11) is 0. The van der Waals surface area contributed by atoms with Crippen molar-refractivity contribution in [2.75, 3.05) is 0 Å². The highest BCUT2D eigenvalue weighted by Gasteiger charge is 2.16. The Labute approximate surface area is 77.8 Å². The summed E-state index contributed by atoms with van der Waals surface area (Å²) in [6, 6.07) is 9.60. The summed E-state index contributed by atoms with van der Waals surface area (Å²) < 4.78 is 3.87. The molecule has 1 aromatic carbocycles. The lowest BCUT2D eigenvalue weighted by Crippen LogP contribution is -2.07. The zero-order valence-electron chi connectivity index (χ0n) is 6.06. The zero-order chi connectivity index (χ0) is 8.39. The minimum atomic E-state index is 0.0474. The van der Waals surface area contributed by atoms with Crippen LogP contribution in [0.25, 0.3) is 0 Å². The Hall–Kier alpha value is -0.870. The smallest absolute Gasteiger partial charge is 0.254 e. The van der Waals surface area contributed by atoms with Gasteiger partial charge in [-0.15, -0.1) is 0 Å². The molecule has 4 heteroatoms. The van der Waals surface area contributed by atoms with Crippen LogP contribution in [-0.4, -0.2) is 9.98 Å². The molecule has 0 unspecified atom stereocenters. The van der Waals surface area contributed by atoms with Gasteiger partial charge in [-0.3, -0.25) is 4.79 Å². The van der Waals surface area contributed by atoms with Crippen molar-refractivity contribution in [2.45, 2.75) is 0 Å². The molecule has 0 aromatic heterocycles. The third kappa shape index (κ3) is 1.35. The first-order valence-electron chi connectivity index (χ1n) is 3.39. The molecule has 0 fully saturated rings. The van der Waals surface area contributed by atoms with Crippen molar-refractivity contribution in [3.63, 3.8) is 0 Å². The zero-order valence-corrected chi connectivity index (χ0v) is 7.69. The average Bonchev–Trinajstić information content (AvgIpc) is 2.53. The van der Waals surface area contributed by atoms with Crippen molar-refractivity contribution in [3.8, 4) is 0 Å². The molecule has 0 spiro atoms. The van der Waals surface area contributed by atoms with E-state index in [1.165, 1.54) is 11.1 Å². The molecule has 0 atom stereocenters. The van der Waals surface area contributed by atoms with Gasteiger partial charge in [-0.1, -0.05) is 30.3 Å². The lowest BCUT2D eigenvalue weighted by atomic mass is 10.2. The predicted molar refractivity (Wildman–Crippen MR) is 52.9 cm³/mol. The molecular weight excluding hydrogens is 190 g/mol. The summed E-state index contributed by atoms with van der Waals surface area (Å²) in [5.41, 5.74) is 0.959. The Bertz CT molecular complexity index is 379. The summed E-state index contributed by atoms with van der Waals surface area (Å²) >= 11 is 2.27. The van der Waals surface area contributed by atoms with E-state index < -0.39 is 0 Å². The summed E-state index contributed by atoms with van der Waals surface area (Å²) in [5.74, 6) is 0. The molecule has 60 valence electrons. The molecule has 0 saturated carbocycles. The van der Waals surface area contributed by atoms with E-state index in [0.717, 1.165) is 22.4 Å². The Kier molecular flexibility index (Phi) is 2.10. The standard InChI is InChI=1S/C8H5NOS2/c10-8-7(11-9-12-8)6-4-2-1-3-5-6/h1-5H. The van der Waals surface area contributed by atoms with Gasteiger partial charge in [0.1, 0.15) is 4.86 Å². The lowest BCUT2D eigenvalue weighted by molar-refractivity contribution is -0.105. The Morgan fingerprint density at radius 1 is 1.17 bits per heavy atom. The van der Waals surface area contributed by atoms with Crippen LogP contribution in [0.3, 0.4) is 0 Å². The second kappa shape index (κ2) is 3.25. The molecule has 1 aliphatic heterocycles. The largest absolute Gasteiger partial charge is 0.279 e. The van der Waals surface area contributed by atoms with Gasteiger partial charge in [0.15, 0.2) is 0 Å². The van der Waals surface area contributed by atoms with Gasteiger partial charge in [0, 0.05) is 0 Å². The van der Waals surface area contributed by atoms with E-state index in [1.54, 1.807) is 0 Å². The normalized spacial score (nSPS) is 15.7. The summed E-state index contributed by atoms with van der Waals surface area (Å²) in [6.45, 7) is 0. The van der Waals surface area contributed by atoms with Gasteiger partial charge in [0.05, 0.1) is 11.9 Å². The van der Waals surface area contributed by atoms with Crippen molar-refractivity contribution >= 4 is 33.1 Å². The third-order valence-electron chi connectivity index (χ3n) is 1.47. The number of rotatable bonds is 1. The quantitative estimate of drug-likeness (QED) is 0.504. The van der Waals surface area contributed by atoms with Crippen LogP contribution in [0.5, 0.6) is 0 Å². The molecule has 1 aliphatic rings. The van der Waals surface area contributed by atoms with E-state index >= 15 is 0 Å². The van der Waals surface area contributed by atoms with Gasteiger partial charge in [0.2, 0.25) is 0 Å². The second-order valence-corrected chi connectivity index (χ2v) is 3.98. The number of benzene rings is 1. The Morgan fingerprint density at radius 3 is 2.50 bits per heavy atom. The van der Waals surface area contributed by atoms with E-state index in [1.807, 2.05) is 30.3 Å². The lowest BCUT2D eigenvalue weighted by Gasteiger charge is -1.94. The average molecular weight is 195 g/mol. The van der Waals surface area contributed by atoms with Crippen molar-refractivity contribution < 1.29 is 4.79 Å². The number of carbonyl (C=O) groups is 1. The number of hydrogen-bond donors (Lipinski definition) is 0. The van der Waals surface area contributed by atoms with Crippen LogP contribution in [0.1, 0.15) is 5.56 Å². The number of nitrogens with zero attached hydrogens (tertiary/aromatic N) is 1. The molecular formula is C8H5NOS2. The first kappa shape index (κ1) is 7.76. The maximum atomic E-state index is 11.2. The Balaban J connectivity index is 2.45. The van der Waals surface area contributed by atoms with Crippen LogP contribution in [0.4, 0.5) is 0 Å². The topological polar surface area (TPSA) is 29.4 Å². The third-order valence-corrected chi connectivity index (χ3v) is 3.17. The maximum Gasteiger partial charge on any atom is 0.254 e. The van der Waals surface area contributed by atoms with Gasteiger partial charge in [0.25, 0.3) is 5.12 Å². The van der Waals surface area contributed by atoms with Crippen LogP contribution in [0.15, 0.2) is 34.1 Å². The summed E-state index contributed by atoms with van der Waals surface area (Å²) in [5, 5.41) is 0.0474. The fraction of sp³-hybridized carbons (Fsp3) is 0. The molecule has 0 aliphatic carbocycles. The van der Waals surface area contributed by atoms with Crippen LogP contribution < -0.4 is 0 Å². The highest BCUT2D eigenvalue weighted by molar-refractivity contribution is 8.20. The van der Waals surface area contributed by atoms with Gasteiger partial charge in [-0.05, 0) is 16.7 Å². The van der Waals surface area contributed by atoms with Gasteiger partial charge < -0.3 is 0 Å². The molecule has 12 heavy (non-hydrogen) atoms. The van der Waals surface area contributed by atoms with Crippen molar-refractivity contribution in [1.29, 1.82) is 0 Å². The van der Waals surface area contributed by atoms with Crippen molar-refractivity contribution in [3.05, 3.63) is 35.9 Å². The predicted octanol–water partition coefficient (Wildman–Crippen LogP) is 1.66. The molecule has 1 heterocycles. The number of hydrogen-bond acceptors (Lipinski definition) is 3. The Morgan fingerprint density at radius 2 is 1.92 bits per heavy atom. The molecule has 2 rings (SSSR count). The molecule has 0 amide bonds. The summed E-state index contributed by atoms with van der Waals surface area (Å²) in [4.78, 5) is 11.9. The molecule has 0 radical (unpaired) electrons. The fourth-order valence-corrected chi connectivity index (χ4v) is 2.39. The van der Waals surface area contributed by atoms with E-state index in [2.05, 4.69) is 3.77 Å². The molecule has 0 bridgehead atoms. The minimum Gasteiger partial charge on any atom is -0.279 e. The van der Waals surface area contributed by atoms with Crippen molar-refractivity contribution in [1.82, 2.24) is 0 Å². The molecule has 1 aromatic rings. The first-order chi connectivity index (χ1) is 5.88. The number of carbonyl (C=O) groups excluding carboxylic acids is 1. The van der Waals surface area contributed by atoms with Crippen LogP contribution >= 0.6 is 11.9 Å². The van der Waals surface area contributed by atoms with Crippen LogP contribution in [0.2, 0.25) is 0 Å². The molecule has 2 nitrogen and oxygen atoms in total. The SMILES string of the molecule is O=C1SN=S=C1c1ccccc1. The second-order valence-electron chi connectivity index (χ2n) is 2.24. The van der Waals surface area contributed by atoms with Gasteiger partial charge in [-0.25, -0.2) is 0 Å². The van der Waals surface area contributed by atoms with Crippen LogP contribution in [0, 0.1) is 0 Å². The van der Waals surface area contributed by atoms with Crippen LogP contribution in [-0.2, 0) is 15.9 Å². The van der Waals surface area contributed by atoms with E-state index in [-0.39, 0.29) is 5.12 Å². The van der Waals surface area contributed by atoms with E-state index in [4.69, 9.17) is 0 Å². The van der Waals surface area contributed by atoms with E-state index in [9.17, 15) is 4.79 Å². The maximum absolute atomic E-state index is 11.2. The van der Waals surface area contributed by atoms with Crippen molar-refractivity contribution in [2.24, 2.45) is 3.77 Å². The molecule has 0 N–H and O–H groups in total. The first-order valence-corrected chi connectivity index (χ1v) is 4.93. The highest BCUT2D eigenvalue weighted by Crippen LogP contribution is 2.14. The fourth-order valence-electron chi connectivity index (χ4n) is 0.929. The summed E-state index contributed by atoms with van der Waals surface area (Å²) in [6.07, 6.45) is 0.